The number of carbonyl (C=O) groups is 1. The molecule has 3 aliphatic rings. The number of rotatable bonds is 4. The molecular formula is C20H18ClN3O5S2. The molecule has 0 aliphatic carbocycles. The van der Waals surface area contributed by atoms with E-state index in [0.29, 0.717) is 39.5 Å². The average molecular weight is 480 g/mol. The van der Waals surface area contributed by atoms with Crippen molar-refractivity contribution in [2.75, 3.05) is 23.6 Å². The van der Waals surface area contributed by atoms with Crippen molar-refractivity contribution in [2.45, 2.75) is 17.8 Å². The molecule has 0 unspecified atom stereocenters. The molecule has 2 aromatic rings. The molecule has 0 radical (unpaired) electrons. The lowest BCUT2D eigenvalue weighted by Crippen LogP contribution is -2.23. The lowest BCUT2D eigenvalue weighted by molar-refractivity contribution is 0.0951. The largest absolute Gasteiger partial charge is 0.454 e. The van der Waals surface area contributed by atoms with Gasteiger partial charge in [-0.05, 0) is 35.9 Å². The zero-order chi connectivity index (χ0) is 21.6. The number of anilines is 1. The van der Waals surface area contributed by atoms with E-state index in [9.17, 15) is 13.2 Å². The molecule has 11 heteroatoms. The van der Waals surface area contributed by atoms with Crippen LogP contribution in [0.1, 0.15) is 15.9 Å². The molecule has 0 aromatic heterocycles. The Kier molecular flexibility index (Phi) is 5.23. The van der Waals surface area contributed by atoms with E-state index < -0.39 is 9.84 Å². The van der Waals surface area contributed by atoms with Crippen molar-refractivity contribution >= 4 is 50.0 Å². The fraction of sp³-hybridized carbons (Fsp3) is 0.300. The first-order valence-corrected chi connectivity index (χ1v) is 12.6. The number of benzene rings is 2. The first kappa shape index (κ1) is 20.5. The lowest BCUT2D eigenvalue weighted by atomic mass is 10.1. The Balaban J connectivity index is 1.25. The standard InChI is InChI=1S/C20H18ClN3O5S2/c21-13-3-2-12(19(25)22-7-11-1-4-16-17(5-11)29-10-28-16)6-14(13)23-20-24-15-8-31(26,27)9-18(15)30-20/h1-6,15,18H,7-10H2,(H,22,25)(H,23,24)/t15-,18+/m1/s1. The SMILES string of the molecule is O=C(NCc1ccc2c(c1)OCO2)c1ccc(Cl)c(NC2=N[C@@H]3CS(=O)(=O)C[C@@H]3S2)c1. The monoisotopic (exact) mass is 479 g/mol. The molecule has 1 amide bonds. The normalized spacial score (nSPS) is 22.7. The van der Waals surface area contributed by atoms with Crippen LogP contribution in [0.3, 0.4) is 0 Å². The van der Waals surface area contributed by atoms with Gasteiger partial charge in [0.2, 0.25) is 6.79 Å². The quantitative estimate of drug-likeness (QED) is 0.694. The van der Waals surface area contributed by atoms with Gasteiger partial charge in [-0.1, -0.05) is 29.4 Å². The van der Waals surface area contributed by atoms with E-state index in [2.05, 4.69) is 15.6 Å². The van der Waals surface area contributed by atoms with E-state index in [1.165, 1.54) is 11.8 Å². The Morgan fingerprint density at radius 3 is 2.84 bits per heavy atom. The second kappa shape index (κ2) is 7.92. The summed E-state index contributed by atoms with van der Waals surface area (Å²) in [7, 11) is -3.01. The summed E-state index contributed by atoms with van der Waals surface area (Å²) in [6.07, 6.45) is 0. The van der Waals surface area contributed by atoms with Crippen LogP contribution >= 0.6 is 23.4 Å². The average Bonchev–Trinajstić information content (AvgIpc) is 3.39. The van der Waals surface area contributed by atoms with E-state index >= 15 is 0 Å². The van der Waals surface area contributed by atoms with Gasteiger partial charge in [0, 0.05) is 17.4 Å². The highest BCUT2D eigenvalue weighted by Crippen LogP contribution is 2.36. The van der Waals surface area contributed by atoms with Crippen LogP contribution in [-0.2, 0) is 16.4 Å². The summed E-state index contributed by atoms with van der Waals surface area (Å²) in [6, 6.07) is 10.2. The zero-order valence-corrected chi connectivity index (χ0v) is 18.5. The molecule has 2 aromatic carbocycles. The van der Waals surface area contributed by atoms with Gasteiger partial charge in [0.15, 0.2) is 26.5 Å². The summed E-state index contributed by atoms with van der Waals surface area (Å²) in [6.45, 7) is 0.536. The number of sulfone groups is 1. The van der Waals surface area contributed by atoms with Crippen LogP contribution in [0.15, 0.2) is 41.4 Å². The lowest BCUT2D eigenvalue weighted by Gasteiger charge is -2.11. The number of halogens is 1. The fourth-order valence-electron chi connectivity index (χ4n) is 3.63. The van der Waals surface area contributed by atoms with Crippen molar-refractivity contribution in [2.24, 2.45) is 4.99 Å². The molecule has 1 fully saturated rings. The number of thioether (sulfide) groups is 1. The van der Waals surface area contributed by atoms with Gasteiger partial charge in [-0.25, -0.2) is 8.42 Å². The number of nitrogens with one attached hydrogen (secondary N) is 2. The Morgan fingerprint density at radius 1 is 1.16 bits per heavy atom. The third-order valence-electron chi connectivity index (χ3n) is 5.18. The molecular weight excluding hydrogens is 462 g/mol. The molecule has 2 N–H and O–H groups in total. The van der Waals surface area contributed by atoms with Gasteiger partial charge in [0.1, 0.15) is 0 Å². The predicted octanol–water partition coefficient (Wildman–Crippen LogP) is 2.68. The minimum Gasteiger partial charge on any atom is -0.454 e. The molecule has 2 atom stereocenters. The predicted molar refractivity (Wildman–Crippen MR) is 120 cm³/mol. The molecule has 0 spiro atoms. The highest BCUT2D eigenvalue weighted by atomic mass is 35.5. The number of carbonyl (C=O) groups excluding carboxylic acids is 1. The Hall–Kier alpha value is -2.43. The second-order valence-corrected chi connectivity index (χ2v) is 11.2. The van der Waals surface area contributed by atoms with E-state index in [-0.39, 0.29) is 35.5 Å². The number of ether oxygens (including phenoxy) is 2. The van der Waals surface area contributed by atoms with Crippen LogP contribution in [-0.4, -0.2) is 49.1 Å². The number of amidine groups is 1. The number of amides is 1. The van der Waals surface area contributed by atoms with E-state index in [4.69, 9.17) is 21.1 Å². The van der Waals surface area contributed by atoms with Crippen molar-refractivity contribution in [3.63, 3.8) is 0 Å². The maximum Gasteiger partial charge on any atom is 0.251 e. The number of hydrogen-bond donors (Lipinski definition) is 2. The molecule has 8 nitrogen and oxygen atoms in total. The molecule has 0 bridgehead atoms. The van der Waals surface area contributed by atoms with Gasteiger partial charge in [-0.15, -0.1) is 0 Å². The Morgan fingerprint density at radius 2 is 2.00 bits per heavy atom. The second-order valence-electron chi connectivity index (χ2n) is 7.42. The summed E-state index contributed by atoms with van der Waals surface area (Å²) >= 11 is 7.69. The van der Waals surface area contributed by atoms with Gasteiger partial charge in [0.05, 0.1) is 28.3 Å². The Labute approximate surface area is 188 Å². The first-order chi connectivity index (χ1) is 14.9. The van der Waals surface area contributed by atoms with Crippen molar-refractivity contribution in [1.29, 1.82) is 0 Å². The molecule has 31 heavy (non-hydrogen) atoms. The van der Waals surface area contributed by atoms with Gasteiger partial charge < -0.3 is 20.1 Å². The maximum absolute atomic E-state index is 12.6. The third kappa shape index (κ3) is 4.32. The molecule has 1 saturated heterocycles. The van der Waals surface area contributed by atoms with Crippen molar-refractivity contribution < 1.29 is 22.7 Å². The summed E-state index contributed by atoms with van der Waals surface area (Å²) in [4.78, 5) is 17.1. The summed E-state index contributed by atoms with van der Waals surface area (Å²) in [5.74, 6) is 1.32. The van der Waals surface area contributed by atoms with E-state index in [1.54, 1.807) is 18.2 Å². The molecule has 5 rings (SSSR count). The summed E-state index contributed by atoms with van der Waals surface area (Å²) < 4.78 is 34.1. The minimum atomic E-state index is -3.01. The van der Waals surface area contributed by atoms with E-state index in [0.717, 1.165) is 5.56 Å². The topological polar surface area (TPSA) is 106 Å². The van der Waals surface area contributed by atoms with Gasteiger partial charge >= 0.3 is 0 Å². The number of hydrogen-bond acceptors (Lipinski definition) is 8. The van der Waals surface area contributed by atoms with Crippen LogP contribution in [0.5, 0.6) is 11.5 Å². The number of nitrogens with zero attached hydrogens (tertiary/aromatic N) is 1. The molecule has 3 heterocycles. The maximum atomic E-state index is 12.6. The number of aliphatic imine (C=N–C) groups is 1. The highest BCUT2D eigenvalue weighted by molar-refractivity contribution is 8.15. The Bertz CT molecular complexity index is 1200. The van der Waals surface area contributed by atoms with E-state index in [1.807, 2.05) is 18.2 Å². The van der Waals surface area contributed by atoms with Crippen molar-refractivity contribution in [3.8, 4) is 11.5 Å². The smallest absolute Gasteiger partial charge is 0.251 e. The van der Waals surface area contributed by atoms with Crippen LogP contribution in [0, 0.1) is 0 Å². The summed E-state index contributed by atoms with van der Waals surface area (Å²) in [5, 5.41) is 7.01. The fourth-order valence-corrected chi connectivity index (χ4v) is 7.46. The van der Waals surface area contributed by atoms with Gasteiger partial charge in [-0.3, -0.25) is 9.79 Å². The third-order valence-corrected chi connectivity index (χ3v) is 8.65. The molecule has 3 aliphatic heterocycles. The van der Waals surface area contributed by atoms with Crippen LogP contribution in [0.2, 0.25) is 5.02 Å². The minimum absolute atomic E-state index is 0.0699. The van der Waals surface area contributed by atoms with Crippen molar-refractivity contribution in [3.05, 3.63) is 52.5 Å². The highest BCUT2D eigenvalue weighted by Gasteiger charge is 2.42. The summed E-state index contributed by atoms with van der Waals surface area (Å²) in [5.41, 5.74) is 1.88. The zero-order valence-electron chi connectivity index (χ0n) is 16.1. The molecule has 162 valence electrons. The van der Waals surface area contributed by atoms with Gasteiger partial charge in [0.25, 0.3) is 5.91 Å². The van der Waals surface area contributed by atoms with Gasteiger partial charge in [-0.2, -0.15) is 0 Å². The van der Waals surface area contributed by atoms with Crippen LogP contribution < -0.4 is 20.1 Å². The van der Waals surface area contributed by atoms with Crippen LogP contribution in [0.4, 0.5) is 5.69 Å². The van der Waals surface area contributed by atoms with Crippen molar-refractivity contribution in [1.82, 2.24) is 5.32 Å². The first-order valence-electron chi connectivity index (χ1n) is 9.54. The number of fused-ring (bicyclic) bond motifs is 2. The van der Waals surface area contributed by atoms with Crippen LogP contribution in [0.25, 0.3) is 0 Å². The molecule has 0 saturated carbocycles.